The first-order valence-corrected chi connectivity index (χ1v) is 7.60. The van der Waals surface area contributed by atoms with E-state index in [0.717, 1.165) is 11.4 Å². The minimum atomic E-state index is -0.0842. The van der Waals surface area contributed by atoms with Crippen molar-refractivity contribution in [3.8, 4) is 5.75 Å². The zero-order valence-electron chi connectivity index (χ0n) is 13.2. The van der Waals surface area contributed by atoms with Gasteiger partial charge in [-0.1, -0.05) is 18.2 Å². The SMILES string of the molecule is CC(C)Oc1ccccc1NCc1cc(=O)n2ccccc2n1. The van der Waals surface area contributed by atoms with Crippen LogP contribution in [0.2, 0.25) is 0 Å². The highest BCUT2D eigenvalue weighted by atomic mass is 16.5. The molecule has 0 aliphatic heterocycles. The van der Waals surface area contributed by atoms with E-state index in [1.165, 1.54) is 4.40 Å². The van der Waals surface area contributed by atoms with Gasteiger partial charge >= 0.3 is 0 Å². The van der Waals surface area contributed by atoms with E-state index < -0.39 is 0 Å². The fourth-order valence-corrected chi connectivity index (χ4v) is 2.35. The fraction of sp³-hybridized carbons (Fsp3) is 0.222. The first kappa shape index (κ1) is 15.1. The van der Waals surface area contributed by atoms with Crippen LogP contribution in [0.25, 0.3) is 5.65 Å². The molecule has 0 fully saturated rings. The highest BCUT2D eigenvalue weighted by molar-refractivity contribution is 5.56. The smallest absolute Gasteiger partial charge is 0.258 e. The lowest BCUT2D eigenvalue weighted by Crippen LogP contribution is -2.16. The van der Waals surface area contributed by atoms with Gasteiger partial charge in [-0.05, 0) is 38.1 Å². The molecule has 0 unspecified atom stereocenters. The summed E-state index contributed by atoms with van der Waals surface area (Å²) in [7, 11) is 0. The Morgan fingerprint density at radius 2 is 1.96 bits per heavy atom. The van der Waals surface area contributed by atoms with Crippen LogP contribution in [0, 0.1) is 0 Å². The number of aromatic nitrogens is 2. The summed E-state index contributed by atoms with van der Waals surface area (Å²) in [6, 6.07) is 14.8. The lowest BCUT2D eigenvalue weighted by molar-refractivity contribution is 0.243. The Labute approximate surface area is 134 Å². The fourth-order valence-electron chi connectivity index (χ4n) is 2.35. The summed E-state index contributed by atoms with van der Waals surface area (Å²) in [5.41, 5.74) is 2.14. The summed E-state index contributed by atoms with van der Waals surface area (Å²) >= 11 is 0. The maximum absolute atomic E-state index is 12.1. The number of fused-ring (bicyclic) bond motifs is 1. The first-order chi connectivity index (χ1) is 11.1. The van der Waals surface area contributed by atoms with Crippen LogP contribution in [0.4, 0.5) is 5.69 Å². The summed E-state index contributed by atoms with van der Waals surface area (Å²) in [6.45, 7) is 4.43. The first-order valence-electron chi connectivity index (χ1n) is 7.60. The third kappa shape index (κ3) is 3.51. The second-order valence-corrected chi connectivity index (χ2v) is 5.53. The number of hydrogen-bond acceptors (Lipinski definition) is 4. The number of ether oxygens (including phenoxy) is 1. The predicted octanol–water partition coefficient (Wildman–Crippen LogP) is 3.09. The highest BCUT2D eigenvalue weighted by Gasteiger charge is 2.06. The van der Waals surface area contributed by atoms with Crippen molar-refractivity contribution in [3.05, 3.63) is 70.8 Å². The number of hydrogen-bond donors (Lipinski definition) is 1. The molecule has 3 rings (SSSR count). The summed E-state index contributed by atoms with van der Waals surface area (Å²) in [6.07, 6.45) is 1.81. The second kappa shape index (κ2) is 6.52. The predicted molar refractivity (Wildman–Crippen MR) is 91.0 cm³/mol. The molecule has 0 saturated carbocycles. The molecule has 1 aromatic carbocycles. The van der Waals surface area contributed by atoms with Gasteiger partial charge in [0.1, 0.15) is 11.4 Å². The number of nitrogens with one attached hydrogen (secondary N) is 1. The molecule has 2 heterocycles. The molecule has 2 aromatic heterocycles. The van der Waals surface area contributed by atoms with Gasteiger partial charge in [0.2, 0.25) is 0 Å². The van der Waals surface area contributed by atoms with E-state index in [4.69, 9.17) is 4.74 Å². The Morgan fingerprint density at radius 1 is 1.17 bits per heavy atom. The average molecular weight is 309 g/mol. The van der Waals surface area contributed by atoms with Crippen LogP contribution in [0.1, 0.15) is 19.5 Å². The van der Waals surface area contributed by atoms with E-state index in [0.29, 0.717) is 17.9 Å². The van der Waals surface area contributed by atoms with Gasteiger partial charge < -0.3 is 10.1 Å². The normalized spacial score (nSPS) is 10.9. The lowest BCUT2D eigenvalue weighted by atomic mass is 10.2. The van der Waals surface area contributed by atoms with Crippen molar-refractivity contribution >= 4 is 11.3 Å². The molecule has 1 N–H and O–H groups in total. The molecule has 5 heteroatoms. The van der Waals surface area contributed by atoms with Gasteiger partial charge in [0.05, 0.1) is 24.0 Å². The maximum Gasteiger partial charge on any atom is 0.258 e. The minimum Gasteiger partial charge on any atom is -0.489 e. The van der Waals surface area contributed by atoms with Gasteiger partial charge in [0, 0.05) is 12.3 Å². The number of benzene rings is 1. The standard InChI is InChI=1S/C18H19N3O2/c1-13(2)23-16-8-4-3-7-15(16)19-12-14-11-18(22)21-10-6-5-9-17(21)20-14/h3-11,13,19H,12H2,1-2H3. The van der Waals surface area contributed by atoms with E-state index in [1.54, 1.807) is 12.3 Å². The van der Waals surface area contributed by atoms with Crippen LogP contribution in [-0.2, 0) is 6.54 Å². The molecule has 23 heavy (non-hydrogen) atoms. The van der Waals surface area contributed by atoms with E-state index in [-0.39, 0.29) is 11.7 Å². The third-order valence-electron chi connectivity index (χ3n) is 3.33. The Hall–Kier alpha value is -2.82. The lowest BCUT2D eigenvalue weighted by Gasteiger charge is -2.15. The molecule has 0 aliphatic carbocycles. The van der Waals surface area contributed by atoms with Crippen LogP contribution in [0.5, 0.6) is 5.75 Å². The molecule has 118 valence electrons. The van der Waals surface area contributed by atoms with Crippen LogP contribution < -0.4 is 15.6 Å². The maximum atomic E-state index is 12.1. The Balaban J connectivity index is 1.83. The van der Waals surface area contributed by atoms with Gasteiger partial charge in [0.15, 0.2) is 0 Å². The largest absolute Gasteiger partial charge is 0.489 e. The van der Waals surface area contributed by atoms with Crippen LogP contribution in [0.3, 0.4) is 0 Å². The van der Waals surface area contributed by atoms with E-state index in [9.17, 15) is 4.79 Å². The van der Waals surface area contributed by atoms with E-state index in [2.05, 4.69) is 10.3 Å². The van der Waals surface area contributed by atoms with Crippen molar-refractivity contribution in [2.45, 2.75) is 26.5 Å². The summed E-state index contributed by atoms with van der Waals surface area (Å²) < 4.78 is 7.31. The van der Waals surface area contributed by atoms with Crippen molar-refractivity contribution in [3.63, 3.8) is 0 Å². The van der Waals surface area contributed by atoms with Crippen molar-refractivity contribution in [2.24, 2.45) is 0 Å². The second-order valence-electron chi connectivity index (χ2n) is 5.53. The van der Waals surface area contributed by atoms with Crippen molar-refractivity contribution in [1.29, 1.82) is 0 Å². The number of para-hydroxylation sites is 2. The van der Waals surface area contributed by atoms with E-state index >= 15 is 0 Å². The number of anilines is 1. The van der Waals surface area contributed by atoms with Crippen molar-refractivity contribution in [1.82, 2.24) is 9.38 Å². The molecule has 0 spiro atoms. The van der Waals surface area contributed by atoms with Crippen molar-refractivity contribution < 1.29 is 4.74 Å². The molecular weight excluding hydrogens is 290 g/mol. The van der Waals surface area contributed by atoms with Crippen LogP contribution in [0.15, 0.2) is 59.5 Å². The molecule has 0 amide bonds. The number of pyridine rings is 1. The summed E-state index contributed by atoms with van der Waals surface area (Å²) in [4.78, 5) is 16.6. The van der Waals surface area contributed by atoms with Crippen LogP contribution >= 0.6 is 0 Å². The quantitative estimate of drug-likeness (QED) is 0.787. The molecule has 0 bridgehead atoms. The van der Waals surface area contributed by atoms with Gasteiger partial charge in [0.25, 0.3) is 5.56 Å². The van der Waals surface area contributed by atoms with Gasteiger partial charge in [-0.25, -0.2) is 4.98 Å². The van der Waals surface area contributed by atoms with Gasteiger partial charge in [-0.2, -0.15) is 0 Å². The molecule has 0 radical (unpaired) electrons. The third-order valence-corrected chi connectivity index (χ3v) is 3.33. The van der Waals surface area contributed by atoms with Gasteiger partial charge in [-0.15, -0.1) is 0 Å². The number of rotatable bonds is 5. The van der Waals surface area contributed by atoms with Crippen molar-refractivity contribution in [2.75, 3.05) is 5.32 Å². The molecule has 5 nitrogen and oxygen atoms in total. The zero-order valence-corrected chi connectivity index (χ0v) is 13.2. The molecule has 0 saturated heterocycles. The monoisotopic (exact) mass is 309 g/mol. The van der Waals surface area contributed by atoms with Gasteiger partial charge in [-0.3, -0.25) is 9.20 Å². The Kier molecular flexibility index (Phi) is 4.28. The molecule has 3 aromatic rings. The molecule has 0 aliphatic rings. The molecule has 0 atom stereocenters. The summed E-state index contributed by atoms with van der Waals surface area (Å²) in [5, 5.41) is 3.29. The van der Waals surface area contributed by atoms with E-state index in [1.807, 2.05) is 56.3 Å². The summed E-state index contributed by atoms with van der Waals surface area (Å²) in [5.74, 6) is 0.792. The zero-order chi connectivity index (χ0) is 16.2. The minimum absolute atomic E-state index is 0.0842. The Morgan fingerprint density at radius 3 is 2.78 bits per heavy atom. The van der Waals surface area contributed by atoms with Crippen LogP contribution in [-0.4, -0.2) is 15.5 Å². The topological polar surface area (TPSA) is 55.6 Å². The Bertz CT molecular complexity index is 871. The average Bonchev–Trinajstić information content (AvgIpc) is 2.54. The molecular formula is C18H19N3O2. The highest BCUT2D eigenvalue weighted by Crippen LogP contribution is 2.25. The number of nitrogens with zero attached hydrogens (tertiary/aromatic N) is 2.